The summed E-state index contributed by atoms with van der Waals surface area (Å²) in [6, 6.07) is 7.75. The van der Waals surface area contributed by atoms with Gasteiger partial charge in [-0.25, -0.2) is 4.98 Å². The van der Waals surface area contributed by atoms with Crippen molar-refractivity contribution in [2.75, 3.05) is 27.2 Å². The van der Waals surface area contributed by atoms with Crippen LogP contribution in [-0.4, -0.2) is 43.1 Å². The molecular formula is C18H23F3N4OS. The fraction of sp³-hybridized carbons (Fsp3) is 0.444. The SMILES string of the molecule is CCNC(=NCCc1nc(C(F)(F)F)cs1)N(C)Cc1ccc(OC)cc1. The van der Waals surface area contributed by atoms with Crippen molar-refractivity contribution < 1.29 is 17.9 Å². The van der Waals surface area contributed by atoms with E-state index in [0.29, 0.717) is 37.0 Å². The quantitative estimate of drug-likeness (QED) is 0.567. The molecule has 1 N–H and O–H groups in total. The first kappa shape index (κ1) is 21.0. The normalized spacial score (nSPS) is 12.1. The lowest BCUT2D eigenvalue weighted by atomic mass is 10.2. The molecule has 0 radical (unpaired) electrons. The second-order valence-electron chi connectivity index (χ2n) is 5.81. The Bertz CT molecular complexity index is 744. The van der Waals surface area contributed by atoms with Gasteiger partial charge in [-0.2, -0.15) is 13.2 Å². The molecular weight excluding hydrogens is 377 g/mol. The van der Waals surface area contributed by atoms with Crippen molar-refractivity contribution >= 4 is 17.3 Å². The summed E-state index contributed by atoms with van der Waals surface area (Å²) in [7, 11) is 3.54. The Morgan fingerprint density at radius 3 is 2.56 bits per heavy atom. The van der Waals surface area contributed by atoms with Gasteiger partial charge < -0.3 is 15.0 Å². The summed E-state index contributed by atoms with van der Waals surface area (Å²) in [5, 5.41) is 4.67. The molecule has 0 fully saturated rings. The Hall–Kier alpha value is -2.29. The van der Waals surface area contributed by atoms with Crippen LogP contribution in [0.15, 0.2) is 34.6 Å². The molecule has 148 valence electrons. The van der Waals surface area contributed by atoms with E-state index in [1.54, 1.807) is 7.11 Å². The number of aromatic nitrogens is 1. The number of guanidine groups is 1. The van der Waals surface area contributed by atoms with Gasteiger partial charge in [0.1, 0.15) is 5.75 Å². The topological polar surface area (TPSA) is 49.8 Å². The van der Waals surface area contributed by atoms with Crippen LogP contribution >= 0.6 is 11.3 Å². The van der Waals surface area contributed by atoms with Gasteiger partial charge in [-0.05, 0) is 24.6 Å². The van der Waals surface area contributed by atoms with Crippen LogP contribution in [0, 0.1) is 0 Å². The molecule has 0 spiro atoms. The molecule has 0 bridgehead atoms. The van der Waals surface area contributed by atoms with E-state index < -0.39 is 11.9 Å². The van der Waals surface area contributed by atoms with Gasteiger partial charge in [-0.3, -0.25) is 4.99 Å². The highest BCUT2D eigenvalue weighted by Gasteiger charge is 2.33. The molecule has 0 saturated carbocycles. The van der Waals surface area contributed by atoms with Gasteiger partial charge in [0.2, 0.25) is 0 Å². The third-order valence-corrected chi connectivity index (χ3v) is 4.61. The number of rotatable bonds is 7. The molecule has 0 aliphatic carbocycles. The molecule has 0 aliphatic heterocycles. The summed E-state index contributed by atoms with van der Waals surface area (Å²) in [6.45, 7) is 3.67. The van der Waals surface area contributed by atoms with Gasteiger partial charge in [0.25, 0.3) is 0 Å². The predicted octanol–water partition coefficient (Wildman–Crippen LogP) is 3.81. The number of ether oxygens (including phenoxy) is 1. The first-order valence-corrected chi connectivity index (χ1v) is 9.35. The first-order valence-electron chi connectivity index (χ1n) is 8.47. The van der Waals surface area contributed by atoms with E-state index in [-0.39, 0.29) is 0 Å². The summed E-state index contributed by atoms with van der Waals surface area (Å²) >= 11 is 1.01. The van der Waals surface area contributed by atoms with Crippen molar-refractivity contribution in [1.82, 2.24) is 15.2 Å². The lowest BCUT2D eigenvalue weighted by Gasteiger charge is -2.22. The largest absolute Gasteiger partial charge is 0.497 e. The predicted molar refractivity (Wildman–Crippen MR) is 101 cm³/mol. The summed E-state index contributed by atoms with van der Waals surface area (Å²) < 4.78 is 43.0. The summed E-state index contributed by atoms with van der Waals surface area (Å²) in [5.74, 6) is 1.49. The second kappa shape index (κ2) is 9.59. The maximum absolute atomic E-state index is 12.6. The zero-order valence-electron chi connectivity index (χ0n) is 15.5. The first-order chi connectivity index (χ1) is 12.8. The van der Waals surface area contributed by atoms with Crippen LogP contribution in [0.5, 0.6) is 5.75 Å². The van der Waals surface area contributed by atoms with E-state index in [1.165, 1.54) is 0 Å². The zero-order chi connectivity index (χ0) is 19.9. The van der Waals surface area contributed by atoms with Gasteiger partial charge in [0.05, 0.1) is 12.1 Å². The van der Waals surface area contributed by atoms with Crippen molar-refractivity contribution in [2.24, 2.45) is 4.99 Å². The molecule has 0 amide bonds. The van der Waals surface area contributed by atoms with Crippen molar-refractivity contribution in [2.45, 2.75) is 26.1 Å². The number of nitrogens with zero attached hydrogens (tertiary/aromatic N) is 3. The van der Waals surface area contributed by atoms with E-state index in [4.69, 9.17) is 4.74 Å². The highest BCUT2D eigenvalue weighted by molar-refractivity contribution is 7.09. The third-order valence-electron chi connectivity index (χ3n) is 3.70. The van der Waals surface area contributed by atoms with Crippen LogP contribution in [0.4, 0.5) is 13.2 Å². The molecule has 5 nitrogen and oxygen atoms in total. The van der Waals surface area contributed by atoms with E-state index >= 15 is 0 Å². The average molecular weight is 400 g/mol. The number of benzene rings is 1. The number of methoxy groups -OCH3 is 1. The lowest BCUT2D eigenvalue weighted by Crippen LogP contribution is -2.38. The minimum atomic E-state index is -4.40. The molecule has 0 atom stereocenters. The molecule has 1 heterocycles. The average Bonchev–Trinajstić information content (AvgIpc) is 3.11. The Morgan fingerprint density at radius 1 is 1.30 bits per heavy atom. The maximum Gasteiger partial charge on any atom is 0.434 e. The van der Waals surface area contributed by atoms with Crippen molar-refractivity contribution in [3.05, 3.63) is 45.9 Å². The molecule has 0 aliphatic rings. The van der Waals surface area contributed by atoms with E-state index in [1.807, 2.05) is 43.1 Å². The molecule has 0 unspecified atom stereocenters. The van der Waals surface area contributed by atoms with E-state index in [0.717, 1.165) is 28.0 Å². The highest BCUT2D eigenvalue weighted by Crippen LogP contribution is 2.30. The van der Waals surface area contributed by atoms with Crippen LogP contribution in [0.25, 0.3) is 0 Å². The number of aliphatic imine (C=N–C) groups is 1. The number of nitrogens with one attached hydrogen (secondary N) is 1. The number of halogens is 3. The standard InChI is InChI=1S/C18H23F3N4OS/c1-4-22-17(25(2)11-13-5-7-14(26-3)8-6-13)23-10-9-16-24-15(12-27-16)18(19,20)21/h5-8,12H,4,9-11H2,1-3H3,(H,22,23). The molecule has 1 aromatic heterocycles. The van der Waals surface area contributed by atoms with Crippen LogP contribution in [-0.2, 0) is 19.1 Å². The zero-order valence-corrected chi connectivity index (χ0v) is 16.3. The lowest BCUT2D eigenvalue weighted by molar-refractivity contribution is -0.140. The van der Waals surface area contributed by atoms with Crippen LogP contribution in [0.1, 0.15) is 23.2 Å². The van der Waals surface area contributed by atoms with Gasteiger partial charge in [-0.1, -0.05) is 12.1 Å². The van der Waals surface area contributed by atoms with E-state index in [9.17, 15) is 13.2 Å². The summed E-state index contributed by atoms with van der Waals surface area (Å²) in [4.78, 5) is 10.1. The van der Waals surface area contributed by atoms with E-state index in [2.05, 4.69) is 15.3 Å². The number of alkyl halides is 3. The van der Waals surface area contributed by atoms with Crippen molar-refractivity contribution in [3.8, 4) is 5.75 Å². The third kappa shape index (κ3) is 6.42. The van der Waals surface area contributed by atoms with Gasteiger partial charge in [0.15, 0.2) is 11.7 Å². The minimum absolute atomic E-state index is 0.361. The fourth-order valence-electron chi connectivity index (χ4n) is 2.36. The highest BCUT2D eigenvalue weighted by atomic mass is 32.1. The molecule has 2 aromatic rings. The van der Waals surface area contributed by atoms with Gasteiger partial charge in [0, 0.05) is 38.5 Å². The minimum Gasteiger partial charge on any atom is -0.497 e. The second-order valence-corrected chi connectivity index (χ2v) is 6.76. The van der Waals surface area contributed by atoms with Crippen molar-refractivity contribution in [3.63, 3.8) is 0 Å². The van der Waals surface area contributed by atoms with Gasteiger partial charge >= 0.3 is 6.18 Å². The van der Waals surface area contributed by atoms with Crippen LogP contribution < -0.4 is 10.1 Å². The van der Waals surface area contributed by atoms with Crippen molar-refractivity contribution in [1.29, 1.82) is 0 Å². The monoisotopic (exact) mass is 400 g/mol. The Balaban J connectivity index is 1.96. The Morgan fingerprint density at radius 2 is 2.00 bits per heavy atom. The van der Waals surface area contributed by atoms with Gasteiger partial charge in [-0.15, -0.1) is 11.3 Å². The fourth-order valence-corrected chi connectivity index (χ4v) is 3.16. The number of thiazole rings is 1. The Labute approximate surface area is 160 Å². The molecule has 2 rings (SSSR count). The molecule has 0 saturated heterocycles. The number of hydrogen-bond acceptors (Lipinski definition) is 4. The smallest absolute Gasteiger partial charge is 0.434 e. The number of hydrogen-bond donors (Lipinski definition) is 1. The Kier molecular flexibility index (Phi) is 7.46. The molecule has 9 heteroatoms. The summed E-state index contributed by atoms with van der Waals surface area (Å²) in [5.41, 5.74) is 0.258. The van der Waals surface area contributed by atoms with Crippen LogP contribution in [0.3, 0.4) is 0 Å². The van der Waals surface area contributed by atoms with Crippen LogP contribution in [0.2, 0.25) is 0 Å². The molecule has 27 heavy (non-hydrogen) atoms. The molecule has 1 aromatic carbocycles. The summed E-state index contributed by atoms with van der Waals surface area (Å²) in [6.07, 6.45) is -4.03. The maximum atomic E-state index is 12.6.